The van der Waals surface area contributed by atoms with Crippen molar-refractivity contribution in [2.24, 2.45) is 5.92 Å². The van der Waals surface area contributed by atoms with Crippen molar-refractivity contribution < 1.29 is 17.9 Å². The minimum absolute atomic E-state index is 0.125. The van der Waals surface area contributed by atoms with E-state index >= 15 is 0 Å². The van der Waals surface area contributed by atoms with Gasteiger partial charge in [0.15, 0.2) is 0 Å². The van der Waals surface area contributed by atoms with Crippen LogP contribution in [-0.2, 0) is 14.8 Å². The third kappa shape index (κ3) is 4.34. The lowest BCUT2D eigenvalue weighted by molar-refractivity contribution is -0.126. The Labute approximate surface area is 164 Å². The Bertz CT molecular complexity index is 881. The number of methoxy groups -OCH3 is 1. The summed E-state index contributed by atoms with van der Waals surface area (Å²) in [5.74, 6) is 0.237. The van der Waals surface area contributed by atoms with Gasteiger partial charge in [0.05, 0.1) is 19.1 Å². The van der Waals surface area contributed by atoms with E-state index in [9.17, 15) is 13.2 Å². The maximum atomic E-state index is 12.8. The van der Waals surface area contributed by atoms with Crippen LogP contribution >= 0.6 is 11.3 Å². The first-order valence-electron chi connectivity index (χ1n) is 8.90. The van der Waals surface area contributed by atoms with Gasteiger partial charge in [-0.05, 0) is 37.3 Å². The molecule has 0 unspecified atom stereocenters. The summed E-state index contributed by atoms with van der Waals surface area (Å²) in [6, 6.07) is 10.7. The summed E-state index contributed by atoms with van der Waals surface area (Å²) in [6.45, 7) is 2.57. The Kier molecular flexibility index (Phi) is 6.18. The number of sulfonamides is 1. The second-order valence-electron chi connectivity index (χ2n) is 6.61. The Balaban J connectivity index is 1.68. The highest BCUT2D eigenvalue weighted by molar-refractivity contribution is 7.91. The zero-order valence-electron chi connectivity index (χ0n) is 15.4. The van der Waals surface area contributed by atoms with Crippen molar-refractivity contribution in [1.82, 2.24) is 9.62 Å². The topological polar surface area (TPSA) is 75.7 Å². The summed E-state index contributed by atoms with van der Waals surface area (Å²) in [4.78, 5) is 12.8. The first-order chi connectivity index (χ1) is 12.9. The first-order valence-corrected chi connectivity index (χ1v) is 11.2. The normalized spacial score (nSPS) is 19.4. The van der Waals surface area contributed by atoms with E-state index in [1.165, 1.54) is 15.6 Å². The van der Waals surface area contributed by atoms with Crippen LogP contribution in [0.1, 0.15) is 31.4 Å². The van der Waals surface area contributed by atoms with Crippen LogP contribution in [0.25, 0.3) is 0 Å². The van der Waals surface area contributed by atoms with Crippen molar-refractivity contribution in [1.29, 1.82) is 0 Å². The fraction of sp³-hybridized carbons (Fsp3) is 0.421. The zero-order valence-corrected chi connectivity index (χ0v) is 17.1. The summed E-state index contributed by atoms with van der Waals surface area (Å²) in [7, 11) is -1.93. The number of carbonyl (C=O) groups is 1. The van der Waals surface area contributed by atoms with E-state index in [0.29, 0.717) is 23.6 Å². The molecule has 146 valence electrons. The van der Waals surface area contributed by atoms with Gasteiger partial charge in [0.25, 0.3) is 10.0 Å². The van der Waals surface area contributed by atoms with Crippen LogP contribution in [0.5, 0.6) is 5.75 Å². The average Bonchev–Trinajstić information content (AvgIpc) is 3.23. The fourth-order valence-electron chi connectivity index (χ4n) is 3.35. The van der Waals surface area contributed by atoms with Crippen LogP contribution in [-0.4, -0.2) is 38.8 Å². The van der Waals surface area contributed by atoms with Gasteiger partial charge in [-0.25, -0.2) is 8.42 Å². The largest absolute Gasteiger partial charge is 0.496 e. The molecular weight excluding hydrogens is 384 g/mol. The van der Waals surface area contributed by atoms with Gasteiger partial charge < -0.3 is 10.1 Å². The van der Waals surface area contributed by atoms with Gasteiger partial charge in [-0.1, -0.05) is 24.3 Å². The zero-order chi connectivity index (χ0) is 19.4. The van der Waals surface area contributed by atoms with Gasteiger partial charge in [0.2, 0.25) is 5.91 Å². The van der Waals surface area contributed by atoms with E-state index in [1.807, 2.05) is 31.2 Å². The van der Waals surface area contributed by atoms with Crippen molar-refractivity contribution >= 4 is 27.3 Å². The van der Waals surface area contributed by atoms with Crippen LogP contribution in [0.15, 0.2) is 46.0 Å². The number of hydrogen-bond acceptors (Lipinski definition) is 5. The number of nitrogens with one attached hydrogen (secondary N) is 1. The maximum Gasteiger partial charge on any atom is 0.252 e. The molecule has 8 heteroatoms. The van der Waals surface area contributed by atoms with Gasteiger partial charge in [0, 0.05) is 18.7 Å². The van der Waals surface area contributed by atoms with Crippen molar-refractivity contribution in [2.75, 3.05) is 20.2 Å². The number of piperidine rings is 1. The van der Waals surface area contributed by atoms with E-state index in [0.717, 1.165) is 11.3 Å². The van der Waals surface area contributed by atoms with Gasteiger partial charge in [-0.3, -0.25) is 4.79 Å². The summed E-state index contributed by atoms with van der Waals surface area (Å²) in [5.41, 5.74) is 0.896. The van der Waals surface area contributed by atoms with E-state index in [4.69, 9.17) is 4.74 Å². The highest BCUT2D eigenvalue weighted by Crippen LogP contribution is 2.28. The molecule has 2 heterocycles. The Morgan fingerprint density at radius 3 is 2.78 bits per heavy atom. The number of rotatable bonds is 6. The Hall–Kier alpha value is -1.90. The van der Waals surface area contributed by atoms with Crippen molar-refractivity contribution in [3.8, 4) is 5.75 Å². The second kappa shape index (κ2) is 8.41. The van der Waals surface area contributed by atoms with E-state index in [-0.39, 0.29) is 24.4 Å². The van der Waals surface area contributed by atoms with Crippen molar-refractivity contribution in [3.05, 3.63) is 47.3 Å². The third-order valence-electron chi connectivity index (χ3n) is 4.81. The van der Waals surface area contributed by atoms with Crippen LogP contribution < -0.4 is 10.1 Å². The van der Waals surface area contributed by atoms with Gasteiger partial charge in [-0.2, -0.15) is 4.31 Å². The van der Waals surface area contributed by atoms with Gasteiger partial charge in [-0.15, -0.1) is 11.3 Å². The molecule has 0 saturated carbocycles. The molecule has 1 aromatic heterocycles. The average molecular weight is 409 g/mol. The molecule has 2 aromatic rings. The SMILES string of the molecule is COc1ccccc1[C@H](C)NC(=O)[C@@H]1CCCN(S(=O)(=O)c2cccs2)C1. The van der Waals surface area contributed by atoms with Gasteiger partial charge >= 0.3 is 0 Å². The molecule has 1 N–H and O–H groups in total. The first kappa shape index (κ1) is 19.9. The third-order valence-corrected chi connectivity index (χ3v) is 8.05. The standard InChI is InChI=1S/C19H24N2O4S2/c1-14(16-8-3-4-9-17(16)25-2)20-19(22)15-7-5-11-21(13-15)27(23,24)18-10-6-12-26-18/h3-4,6,8-10,12,14-15H,5,7,11,13H2,1-2H3,(H,20,22)/t14-,15+/m0/s1. The number of hydrogen-bond donors (Lipinski definition) is 1. The quantitative estimate of drug-likeness (QED) is 0.797. The van der Waals surface area contributed by atoms with Crippen LogP contribution in [0.4, 0.5) is 0 Å². The summed E-state index contributed by atoms with van der Waals surface area (Å²) >= 11 is 1.20. The predicted octanol–water partition coefficient (Wildman–Crippen LogP) is 3.03. The minimum Gasteiger partial charge on any atom is -0.496 e. The van der Waals surface area contributed by atoms with E-state index < -0.39 is 10.0 Å². The lowest BCUT2D eigenvalue weighted by Gasteiger charge is -2.31. The molecular formula is C19H24N2O4S2. The summed E-state index contributed by atoms with van der Waals surface area (Å²) < 4.78 is 32.6. The molecule has 0 spiro atoms. The molecule has 1 amide bonds. The lowest BCUT2D eigenvalue weighted by atomic mass is 9.97. The molecule has 2 atom stereocenters. The number of ether oxygens (including phenoxy) is 1. The minimum atomic E-state index is -3.52. The number of carbonyl (C=O) groups excluding carboxylic acids is 1. The molecule has 1 aromatic carbocycles. The van der Waals surface area contributed by atoms with Crippen molar-refractivity contribution in [2.45, 2.75) is 30.0 Å². The monoisotopic (exact) mass is 408 g/mol. The van der Waals surface area contributed by atoms with Gasteiger partial charge in [0.1, 0.15) is 9.96 Å². The summed E-state index contributed by atoms with van der Waals surface area (Å²) in [6.07, 6.45) is 1.35. The molecule has 27 heavy (non-hydrogen) atoms. The van der Waals surface area contributed by atoms with Crippen LogP contribution in [0.3, 0.4) is 0 Å². The number of para-hydroxylation sites is 1. The molecule has 0 radical (unpaired) electrons. The van der Waals surface area contributed by atoms with E-state index in [1.54, 1.807) is 24.6 Å². The molecule has 0 bridgehead atoms. The maximum absolute atomic E-state index is 12.8. The molecule has 1 aliphatic rings. The molecule has 1 aliphatic heterocycles. The fourth-order valence-corrected chi connectivity index (χ4v) is 6.01. The molecule has 6 nitrogen and oxygen atoms in total. The molecule has 1 saturated heterocycles. The molecule has 1 fully saturated rings. The molecule has 0 aliphatic carbocycles. The van der Waals surface area contributed by atoms with E-state index in [2.05, 4.69) is 5.32 Å². The number of benzene rings is 1. The lowest BCUT2D eigenvalue weighted by Crippen LogP contribution is -2.45. The van der Waals surface area contributed by atoms with Crippen LogP contribution in [0, 0.1) is 5.92 Å². The Morgan fingerprint density at radius 2 is 2.07 bits per heavy atom. The Morgan fingerprint density at radius 1 is 1.30 bits per heavy atom. The van der Waals surface area contributed by atoms with Crippen molar-refractivity contribution in [3.63, 3.8) is 0 Å². The number of nitrogens with zero attached hydrogens (tertiary/aromatic N) is 1. The second-order valence-corrected chi connectivity index (χ2v) is 9.72. The number of amides is 1. The smallest absolute Gasteiger partial charge is 0.252 e. The van der Waals surface area contributed by atoms with Crippen LogP contribution in [0.2, 0.25) is 0 Å². The highest BCUT2D eigenvalue weighted by Gasteiger charge is 2.34. The number of thiophene rings is 1. The molecule has 3 rings (SSSR count). The summed E-state index contributed by atoms with van der Waals surface area (Å²) in [5, 5.41) is 4.76. The highest BCUT2D eigenvalue weighted by atomic mass is 32.2. The predicted molar refractivity (Wildman–Crippen MR) is 105 cm³/mol.